The number of carbonyl (C=O) groups excluding carboxylic acids is 1. The minimum Gasteiger partial charge on any atom is -0.489 e. The number of hydrogen-bond donors (Lipinski definition) is 1. The van der Waals surface area contributed by atoms with Gasteiger partial charge in [-0.15, -0.1) is 0 Å². The second-order valence-corrected chi connectivity index (χ2v) is 10.8. The summed E-state index contributed by atoms with van der Waals surface area (Å²) in [6, 6.07) is 21.4. The number of thiocarbonyl (C=S) groups is 1. The zero-order chi connectivity index (χ0) is 29.6. The minimum absolute atomic E-state index is 0.00729. The van der Waals surface area contributed by atoms with Gasteiger partial charge in [0.15, 0.2) is 11.5 Å². The number of amides is 1. The molecule has 3 aromatic carbocycles. The predicted molar refractivity (Wildman–Crippen MR) is 155 cm³/mol. The SMILES string of the molecule is CC[C@H](COc1ccc(/C=C2\SC(=S)N(CC(=O)O)C2=O)cc1O[C@H](c1ccccc1)C(F)(F)F)c1ccccc1. The molecule has 1 amide bonds. The number of carbonyl (C=O) groups is 2. The van der Waals surface area contributed by atoms with E-state index in [4.69, 9.17) is 26.8 Å². The van der Waals surface area contributed by atoms with Gasteiger partial charge in [0.05, 0.1) is 11.5 Å². The number of ether oxygens (including phenoxy) is 2. The van der Waals surface area contributed by atoms with Gasteiger partial charge in [-0.05, 0) is 35.8 Å². The van der Waals surface area contributed by atoms with Gasteiger partial charge < -0.3 is 14.6 Å². The highest BCUT2D eigenvalue weighted by Crippen LogP contribution is 2.41. The van der Waals surface area contributed by atoms with Gasteiger partial charge in [0, 0.05) is 11.5 Å². The molecule has 6 nitrogen and oxygen atoms in total. The Bertz CT molecular complexity index is 1430. The lowest BCUT2D eigenvalue weighted by Gasteiger charge is -2.24. The van der Waals surface area contributed by atoms with E-state index in [1.165, 1.54) is 42.5 Å². The summed E-state index contributed by atoms with van der Waals surface area (Å²) < 4.78 is 54.3. The first-order valence-electron chi connectivity index (χ1n) is 12.6. The Balaban J connectivity index is 1.68. The molecule has 0 bridgehead atoms. The molecule has 1 saturated heterocycles. The Morgan fingerprint density at radius 1 is 1.02 bits per heavy atom. The van der Waals surface area contributed by atoms with E-state index < -0.39 is 30.7 Å². The van der Waals surface area contributed by atoms with Crippen molar-refractivity contribution in [1.82, 2.24) is 4.90 Å². The number of rotatable bonds is 11. The molecule has 0 aromatic heterocycles. The minimum atomic E-state index is -4.73. The van der Waals surface area contributed by atoms with E-state index in [1.807, 2.05) is 37.3 Å². The largest absolute Gasteiger partial charge is 0.489 e. The number of benzene rings is 3. The second-order valence-electron chi connectivity index (χ2n) is 9.14. The topological polar surface area (TPSA) is 76.1 Å². The molecule has 4 rings (SSSR count). The Kier molecular flexibility index (Phi) is 9.72. The fourth-order valence-electron chi connectivity index (χ4n) is 4.19. The second kappa shape index (κ2) is 13.2. The smallest absolute Gasteiger partial charge is 0.429 e. The molecule has 1 heterocycles. The Hall–Kier alpha value is -3.83. The van der Waals surface area contributed by atoms with Crippen LogP contribution in [0.25, 0.3) is 6.08 Å². The number of carboxylic acids is 1. The summed E-state index contributed by atoms with van der Waals surface area (Å²) in [5.74, 6) is -1.88. The number of halogens is 3. The summed E-state index contributed by atoms with van der Waals surface area (Å²) in [6.45, 7) is 1.61. The molecular weight excluding hydrogens is 575 g/mol. The number of thioether (sulfide) groups is 1. The van der Waals surface area contributed by atoms with E-state index >= 15 is 0 Å². The summed E-state index contributed by atoms with van der Waals surface area (Å²) in [5, 5.41) is 9.07. The van der Waals surface area contributed by atoms with Crippen molar-refractivity contribution in [2.75, 3.05) is 13.2 Å². The van der Waals surface area contributed by atoms with Gasteiger partial charge in [0.2, 0.25) is 6.10 Å². The molecule has 214 valence electrons. The first-order valence-corrected chi connectivity index (χ1v) is 13.9. The van der Waals surface area contributed by atoms with E-state index in [9.17, 15) is 22.8 Å². The predicted octanol–water partition coefficient (Wildman–Crippen LogP) is 7.23. The molecule has 41 heavy (non-hydrogen) atoms. The van der Waals surface area contributed by atoms with Gasteiger partial charge in [0.1, 0.15) is 10.9 Å². The molecule has 0 saturated carbocycles. The van der Waals surface area contributed by atoms with Gasteiger partial charge in [-0.1, -0.05) is 97.6 Å². The zero-order valence-electron chi connectivity index (χ0n) is 21.8. The highest BCUT2D eigenvalue weighted by atomic mass is 32.2. The molecule has 11 heteroatoms. The molecule has 2 atom stereocenters. The number of nitrogens with zero attached hydrogens (tertiary/aromatic N) is 1. The van der Waals surface area contributed by atoms with Crippen LogP contribution in [-0.4, -0.2) is 45.5 Å². The van der Waals surface area contributed by atoms with E-state index in [1.54, 1.807) is 12.1 Å². The highest BCUT2D eigenvalue weighted by molar-refractivity contribution is 8.26. The average molecular weight is 602 g/mol. The monoisotopic (exact) mass is 601 g/mol. The lowest BCUT2D eigenvalue weighted by Crippen LogP contribution is -2.33. The van der Waals surface area contributed by atoms with E-state index in [2.05, 4.69) is 0 Å². The lowest BCUT2D eigenvalue weighted by molar-refractivity contribution is -0.198. The zero-order valence-corrected chi connectivity index (χ0v) is 23.5. The van der Waals surface area contributed by atoms with Crippen LogP contribution in [-0.2, 0) is 9.59 Å². The van der Waals surface area contributed by atoms with E-state index in [-0.39, 0.29) is 38.8 Å². The van der Waals surface area contributed by atoms with Crippen LogP contribution in [0.2, 0.25) is 0 Å². The van der Waals surface area contributed by atoms with Crippen LogP contribution >= 0.6 is 24.0 Å². The number of carboxylic acid groups (broad SMARTS) is 1. The molecule has 0 aliphatic carbocycles. The third kappa shape index (κ3) is 7.68. The fraction of sp³-hybridized carbons (Fsp3) is 0.233. The molecule has 1 fully saturated rings. The molecule has 0 spiro atoms. The molecule has 1 N–H and O–H groups in total. The first kappa shape index (κ1) is 30.1. The van der Waals surface area contributed by atoms with E-state index in [0.717, 1.165) is 28.6 Å². The van der Waals surface area contributed by atoms with Crippen LogP contribution in [0.15, 0.2) is 83.8 Å². The summed E-state index contributed by atoms with van der Waals surface area (Å²) in [4.78, 5) is 24.9. The summed E-state index contributed by atoms with van der Waals surface area (Å²) in [6.07, 6.45) is -4.83. The van der Waals surface area contributed by atoms with Crippen LogP contribution in [0.1, 0.15) is 42.1 Å². The van der Waals surface area contributed by atoms with Crippen molar-refractivity contribution in [3.63, 3.8) is 0 Å². The standard InChI is InChI=1S/C30H26F3NO5S2/c1-2-20(21-9-5-3-6-10-21)18-38-23-14-13-19(16-25-28(37)34(17-26(35)36)29(40)41-25)15-24(23)39-27(30(31,32)33)22-11-7-4-8-12-22/h3-16,20,27H,2,17-18H2,1H3,(H,35,36)/b25-16-/t20-,27-/m1/s1. The molecule has 1 aliphatic heterocycles. The van der Waals surface area contributed by atoms with Crippen molar-refractivity contribution >= 4 is 46.3 Å². The number of alkyl halides is 3. The Labute approximate surface area is 244 Å². The summed E-state index contributed by atoms with van der Waals surface area (Å²) in [5.41, 5.74) is 1.31. The Morgan fingerprint density at radius 3 is 2.24 bits per heavy atom. The van der Waals surface area contributed by atoms with Crippen LogP contribution in [0.3, 0.4) is 0 Å². The van der Waals surface area contributed by atoms with Crippen molar-refractivity contribution in [2.24, 2.45) is 0 Å². The molecular formula is C30H26F3NO5S2. The number of aliphatic carboxylic acids is 1. The maximum atomic E-state index is 14.2. The average Bonchev–Trinajstić information content (AvgIpc) is 3.20. The maximum Gasteiger partial charge on any atom is 0.429 e. The summed E-state index contributed by atoms with van der Waals surface area (Å²) in [7, 11) is 0. The molecule has 1 aliphatic rings. The van der Waals surface area contributed by atoms with Crippen molar-refractivity contribution in [3.8, 4) is 11.5 Å². The van der Waals surface area contributed by atoms with Gasteiger partial charge in [-0.2, -0.15) is 13.2 Å². The first-order chi connectivity index (χ1) is 19.6. The third-order valence-electron chi connectivity index (χ3n) is 6.28. The normalized spacial score (nSPS) is 16.1. The van der Waals surface area contributed by atoms with Crippen LogP contribution in [0.4, 0.5) is 13.2 Å². The molecule has 0 radical (unpaired) electrons. The fourth-order valence-corrected chi connectivity index (χ4v) is 5.45. The van der Waals surface area contributed by atoms with Crippen LogP contribution < -0.4 is 9.47 Å². The van der Waals surface area contributed by atoms with Crippen molar-refractivity contribution in [1.29, 1.82) is 0 Å². The Morgan fingerprint density at radius 2 is 1.66 bits per heavy atom. The number of hydrogen-bond acceptors (Lipinski definition) is 6. The van der Waals surface area contributed by atoms with Gasteiger partial charge in [-0.3, -0.25) is 14.5 Å². The quantitative estimate of drug-likeness (QED) is 0.184. The van der Waals surface area contributed by atoms with Crippen LogP contribution in [0.5, 0.6) is 11.5 Å². The van der Waals surface area contributed by atoms with Crippen molar-refractivity contribution < 1.29 is 37.3 Å². The van der Waals surface area contributed by atoms with Gasteiger partial charge in [-0.25, -0.2) is 0 Å². The van der Waals surface area contributed by atoms with E-state index in [0.29, 0.717) is 5.56 Å². The molecule has 3 aromatic rings. The van der Waals surface area contributed by atoms with Gasteiger partial charge >= 0.3 is 12.1 Å². The lowest BCUT2D eigenvalue weighted by atomic mass is 9.97. The summed E-state index contributed by atoms with van der Waals surface area (Å²) >= 11 is 6.04. The molecule has 0 unspecified atom stereocenters. The van der Waals surface area contributed by atoms with Crippen LogP contribution in [0, 0.1) is 0 Å². The van der Waals surface area contributed by atoms with Crippen molar-refractivity contribution in [2.45, 2.75) is 31.5 Å². The van der Waals surface area contributed by atoms with Crippen molar-refractivity contribution in [3.05, 3.63) is 100 Å². The van der Waals surface area contributed by atoms with Gasteiger partial charge in [0.25, 0.3) is 5.91 Å². The highest BCUT2D eigenvalue weighted by Gasteiger charge is 2.43. The maximum absolute atomic E-state index is 14.2. The third-order valence-corrected chi connectivity index (χ3v) is 7.66.